The van der Waals surface area contributed by atoms with E-state index in [9.17, 15) is 4.79 Å². The van der Waals surface area contributed by atoms with Crippen LogP contribution in [0.25, 0.3) is 0 Å². The number of carbonyl (C=O) groups is 1. The Morgan fingerprint density at radius 3 is 2.59 bits per heavy atom. The molecule has 1 aromatic carbocycles. The molecule has 0 amide bonds. The van der Waals surface area contributed by atoms with E-state index in [1.807, 2.05) is 31.2 Å². The predicted molar refractivity (Wildman–Crippen MR) is 70.2 cm³/mol. The summed E-state index contributed by atoms with van der Waals surface area (Å²) in [5.41, 5.74) is 1.77. The molecular formula is C15H22O2. The van der Waals surface area contributed by atoms with Gasteiger partial charge in [-0.1, -0.05) is 51.3 Å². The summed E-state index contributed by atoms with van der Waals surface area (Å²) in [6.45, 7) is 4.76. The van der Waals surface area contributed by atoms with Gasteiger partial charge in [-0.2, -0.15) is 0 Å². The van der Waals surface area contributed by atoms with Crippen molar-refractivity contribution in [3.05, 3.63) is 35.4 Å². The molecule has 0 aliphatic carbocycles. The summed E-state index contributed by atoms with van der Waals surface area (Å²) in [5, 5.41) is 0. The average Bonchev–Trinajstić information content (AvgIpc) is 2.38. The Bertz CT molecular complexity index is 345. The molecule has 0 saturated carbocycles. The fraction of sp³-hybridized carbons (Fsp3) is 0.533. The lowest BCUT2D eigenvalue weighted by Crippen LogP contribution is -2.09. The number of carbonyl (C=O) groups excluding carboxylic acids is 1. The number of esters is 1. The van der Waals surface area contributed by atoms with Gasteiger partial charge in [-0.15, -0.1) is 0 Å². The highest BCUT2D eigenvalue weighted by Gasteiger charge is 2.10. The normalized spacial score (nSPS) is 10.2. The van der Waals surface area contributed by atoms with Crippen molar-refractivity contribution in [2.45, 2.75) is 46.0 Å². The van der Waals surface area contributed by atoms with Crippen molar-refractivity contribution in [1.82, 2.24) is 0 Å². The zero-order chi connectivity index (χ0) is 12.5. The highest BCUT2D eigenvalue weighted by Crippen LogP contribution is 2.11. The number of rotatable bonds is 7. The van der Waals surface area contributed by atoms with Gasteiger partial charge in [-0.3, -0.25) is 0 Å². The quantitative estimate of drug-likeness (QED) is 0.527. The van der Waals surface area contributed by atoms with Gasteiger partial charge < -0.3 is 4.74 Å². The van der Waals surface area contributed by atoms with Crippen LogP contribution < -0.4 is 0 Å². The minimum Gasteiger partial charge on any atom is -0.462 e. The second-order valence-corrected chi connectivity index (χ2v) is 4.21. The standard InChI is InChI=1S/C15H22O2/c1-3-5-6-9-12-17-15(16)14-11-8-7-10-13(14)4-2/h7-8,10-11H,3-6,9,12H2,1-2H3. The van der Waals surface area contributed by atoms with Gasteiger partial charge in [0, 0.05) is 0 Å². The lowest BCUT2D eigenvalue weighted by atomic mass is 10.1. The van der Waals surface area contributed by atoms with Crippen LogP contribution in [-0.4, -0.2) is 12.6 Å². The Labute approximate surface area is 104 Å². The molecule has 0 aromatic heterocycles. The highest BCUT2D eigenvalue weighted by atomic mass is 16.5. The van der Waals surface area contributed by atoms with Gasteiger partial charge in [0.15, 0.2) is 0 Å². The smallest absolute Gasteiger partial charge is 0.338 e. The van der Waals surface area contributed by atoms with E-state index >= 15 is 0 Å². The van der Waals surface area contributed by atoms with Crippen molar-refractivity contribution in [3.8, 4) is 0 Å². The maximum Gasteiger partial charge on any atom is 0.338 e. The van der Waals surface area contributed by atoms with Crippen molar-refractivity contribution < 1.29 is 9.53 Å². The van der Waals surface area contributed by atoms with E-state index in [-0.39, 0.29) is 5.97 Å². The van der Waals surface area contributed by atoms with Gasteiger partial charge in [-0.25, -0.2) is 4.79 Å². The Balaban J connectivity index is 2.41. The summed E-state index contributed by atoms with van der Waals surface area (Å²) < 4.78 is 5.28. The van der Waals surface area contributed by atoms with Crippen LogP contribution in [0.1, 0.15) is 55.5 Å². The molecule has 0 aliphatic heterocycles. The molecule has 1 rings (SSSR count). The third-order valence-electron chi connectivity index (χ3n) is 2.85. The second kappa shape index (κ2) is 7.88. The first-order valence-electron chi connectivity index (χ1n) is 6.54. The summed E-state index contributed by atoms with van der Waals surface area (Å²) in [6.07, 6.45) is 5.38. The molecular weight excluding hydrogens is 212 g/mol. The first-order chi connectivity index (χ1) is 8.29. The van der Waals surface area contributed by atoms with Crippen LogP contribution in [0.4, 0.5) is 0 Å². The van der Waals surface area contributed by atoms with E-state index in [1.54, 1.807) is 0 Å². The Hall–Kier alpha value is -1.31. The largest absolute Gasteiger partial charge is 0.462 e. The van der Waals surface area contributed by atoms with Crippen LogP contribution in [0.3, 0.4) is 0 Å². The molecule has 0 radical (unpaired) electrons. The van der Waals surface area contributed by atoms with Crippen LogP contribution in [0.15, 0.2) is 24.3 Å². The van der Waals surface area contributed by atoms with Gasteiger partial charge in [0.25, 0.3) is 0 Å². The monoisotopic (exact) mass is 234 g/mol. The molecule has 0 saturated heterocycles. The van der Waals surface area contributed by atoms with Gasteiger partial charge in [-0.05, 0) is 24.5 Å². The van der Waals surface area contributed by atoms with Crippen molar-refractivity contribution >= 4 is 5.97 Å². The number of hydrogen-bond acceptors (Lipinski definition) is 2. The molecule has 0 N–H and O–H groups in total. The molecule has 0 aliphatic rings. The molecule has 2 nitrogen and oxygen atoms in total. The highest BCUT2D eigenvalue weighted by molar-refractivity contribution is 5.91. The van der Waals surface area contributed by atoms with Crippen molar-refractivity contribution in [2.24, 2.45) is 0 Å². The number of benzene rings is 1. The third kappa shape index (κ3) is 4.59. The first-order valence-corrected chi connectivity index (χ1v) is 6.54. The molecule has 17 heavy (non-hydrogen) atoms. The molecule has 0 heterocycles. The van der Waals surface area contributed by atoms with Gasteiger partial charge in [0.05, 0.1) is 12.2 Å². The fourth-order valence-electron chi connectivity index (χ4n) is 1.80. The lowest BCUT2D eigenvalue weighted by Gasteiger charge is -2.07. The minimum absolute atomic E-state index is 0.182. The van der Waals surface area contributed by atoms with E-state index in [4.69, 9.17) is 4.74 Å². The summed E-state index contributed by atoms with van der Waals surface area (Å²) in [4.78, 5) is 11.8. The second-order valence-electron chi connectivity index (χ2n) is 4.21. The summed E-state index contributed by atoms with van der Waals surface area (Å²) >= 11 is 0. The van der Waals surface area contributed by atoms with Crippen LogP contribution in [-0.2, 0) is 11.2 Å². The molecule has 94 valence electrons. The lowest BCUT2D eigenvalue weighted by molar-refractivity contribution is 0.0496. The fourth-order valence-corrected chi connectivity index (χ4v) is 1.80. The predicted octanol–water partition coefficient (Wildman–Crippen LogP) is 3.99. The molecule has 1 aromatic rings. The average molecular weight is 234 g/mol. The SMILES string of the molecule is CCCCCCOC(=O)c1ccccc1CC. The molecule has 0 bridgehead atoms. The summed E-state index contributed by atoms with van der Waals surface area (Å²) in [6, 6.07) is 7.66. The topological polar surface area (TPSA) is 26.3 Å². The van der Waals surface area contributed by atoms with E-state index in [1.165, 1.54) is 12.8 Å². The van der Waals surface area contributed by atoms with Crippen LogP contribution >= 0.6 is 0 Å². The molecule has 0 spiro atoms. The Kier molecular flexibility index (Phi) is 6.38. The maximum absolute atomic E-state index is 11.8. The van der Waals surface area contributed by atoms with E-state index < -0.39 is 0 Å². The molecule has 2 heteroatoms. The maximum atomic E-state index is 11.8. The zero-order valence-corrected chi connectivity index (χ0v) is 10.9. The third-order valence-corrected chi connectivity index (χ3v) is 2.85. The van der Waals surface area contributed by atoms with Gasteiger partial charge >= 0.3 is 5.97 Å². The van der Waals surface area contributed by atoms with Crippen LogP contribution in [0.5, 0.6) is 0 Å². The number of unbranched alkanes of at least 4 members (excludes halogenated alkanes) is 3. The Morgan fingerprint density at radius 2 is 1.88 bits per heavy atom. The Morgan fingerprint density at radius 1 is 1.12 bits per heavy atom. The van der Waals surface area contributed by atoms with Crippen molar-refractivity contribution in [3.63, 3.8) is 0 Å². The summed E-state index contributed by atoms with van der Waals surface area (Å²) in [7, 11) is 0. The first kappa shape index (κ1) is 13.8. The number of ether oxygens (including phenoxy) is 1. The van der Waals surface area contributed by atoms with Crippen LogP contribution in [0, 0.1) is 0 Å². The van der Waals surface area contributed by atoms with E-state index in [0.29, 0.717) is 12.2 Å². The summed E-state index contributed by atoms with van der Waals surface area (Å²) in [5.74, 6) is -0.182. The molecule has 0 fully saturated rings. The molecule has 0 atom stereocenters. The number of hydrogen-bond donors (Lipinski definition) is 0. The van der Waals surface area contributed by atoms with Crippen molar-refractivity contribution in [2.75, 3.05) is 6.61 Å². The van der Waals surface area contributed by atoms with E-state index in [2.05, 4.69) is 6.92 Å². The zero-order valence-electron chi connectivity index (χ0n) is 10.9. The van der Waals surface area contributed by atoms with E-state index in [0.717, 1.165) is 24.8 Å². The van der Waals surface area contributed by atoms with Crippen LogP contribution in [0.2, 0.25) is 0 Å². The van der Waals surface area contributed by atoms with Crippen molar-refractivity contribution in [1.29, 1.82) is 0 Å². The van der Waals surface area contributed by atoms with Gasteiger partial charge in [0.1, 0.15) is 0 Å². The number of aryl methyl sites for hydroxylation is 1. The van der Waals surface area contributed by atoms with Gasteiger partial charge in [0.2, 0.25) is 0 Å². The molecule has 0 unspecified atom stereocenters. The minimum atomic E-state index is -0.182.